The Labute approximate surface area is 264 Å². The smallest absolute Gasteiger partial charge is 0.193 e. The van der Waals surface area contributed by atoms with Crippen molar-refractivity contribution in [1.82, 2.24) is 0 Å². The summed E-state index contributed by atoms with van der Waals surface area (Å²) < 4.78 is 51.3. The third kappa shape index (κ3) is 9.36. The molecule has 1 saturated heterocycles. The lowest BCUT2D eigenvalue weighted by Crippen LogP contribution is -2.64. The molecule has 1 rings (SSSR count). The van der Waals surface area contributed by atoms with Crippen molar-refractivity contribution in [3.8, 4) is 0 Å². The summed E-state index contributed by atoms with van der Waals surface area (Å²) >= 11 is 0. The first-order valence-corrected chi connectivity index (χ1v) is 27.7. The van der Waals surface area contributed by atoms with E-state index in [0.717, 1.165) is 72.5 Å². The molecule has 1 fully saturated rings. The van der Waals surface area contributed by atoms with Gasteiger partial charge in [0.05, 0.1) is 6.61 Å². The first-order chi connectivity index (χ1) is 19.9. The number of hydrogen-bond donors (Lipinski definition) is 0. The molecule has 0 amide bonds. The van der Waals surface area contributed by atoms with Crippen molar-refractivity contribution >= 4 is 33.3 Å². The molecule has 0 aromatic heterocycles. The lowest BCUT2D eigenvalue weighted by Gasteiger charge is -2.51. The average Bonchev–Trinajstić information content (AvgIpc) is 3.03. The molecule has 42 heavy (non-hydrogen) atoms. The fourth-order valence-electron chi connectivity index (χ4n) is 6.79. The first kappa shape index (κ1) is 40.2. The van der Waals surface area contributed by atoms with Crippen molar-refractivity contribution in [1.29, 1.82) is 0 Å². The topological polar surface area (TPSA) is 46.2 Å². The van der Waals surface area contributed by atoms with Gasteiger partial charge in [0.1, 0.15) is 30.2 Å². The van der Waals surface area contributed by atoms with E-state index in [4.69, 9.17) is 22.4 Å². The zero-order chi connectivity index (χ0) is 32.2. The minimum Gasteiger partial charge on any atom is -0.484 e. The molecule has 0 radical (unpaired) electrons. The van der Waals surface area contributed by atoms with Crippen LogP contribution in [0.15, 0.2) is 11.6 Å². The second kappa shape index (κ2) is 18.4. The fourth-order valence-corrected chi connectivity index (χ4v) is 17.9. The van der Waals surface area contributed by atoms with Gasteiger partial charge in [0.25, 0.3) is 0 Å². The predicted molar refractivity (Wildman–Crippen MR) is 188 cm³/mol. The molecule has 0 bridgehead atoms. The lowest BCUT2D eigenvalue weighted by molar-refractivity contribution is -0.150. The van der Waals surface area contributed by atoms with Gasteiger partial charge >= 0.3 is 0 Å². The normalized spacial score (nSPS) is 23.7. The van der Waals surface area contributed by atoms with Crippen LogP contribution in [-0.2, 0) is 22.4 Å². The third-order valence-electron chi connectivity index (χ3n) is 11.3. The Hall–Kier alpha value is 0.178. The number of rotatable bonds is 21. The third-order valence-corrected chi connectivity index (χ3v) is 29.8. The molecule has 0 N–H and O–H groups in total. The van der Waals surface area contributed by atoms with Crippen LogP contribution in [0, 0.1) is 0 Å². The predicted octanol–water partition coefficient (Wildman–Crippen LogP) is 10.8. The van der Waals surface area contributed by atoms with E-state index >= 15 is 4.39 Å². The van der Waals surface area contributed by atoms with Crippen molar-refractivity contribution in [2.45, 2.75) is 187 Å². The number of ether oxygens (including phenoxy) is 1. The fraction of sp³-hybridized carbons (Fsp3) is 0.938. The molecule has 4 atom stereocenters. The highest BCUT2D eigenvalue weighted by molar-refractivity contribution is 6.75. The lowest BCUT2D eigenvalue weighted by atomic mass is 9.98. The van der Waals surface area contributed by atoms with E-state index in [0.29, 0.717) is 12.4 Å². The van der Waals surface area contributed by atoms with E-state index in [1.165, 1.54) is 6.92 Å². The van der Waals surface area contributed by atoms with Crippen LogP contribution in [0.25, 0.3) is 0 Å². The molecule has 0 aromatic carbocycles. The summed E-state index contributed by atoms with van der Waals surface area (Å²) in [4.78, 5) is 0. The van der Waals surface area contributed by atoms with Crippen molar-refractivity contribution in [2.75, 3.05) is 6.61 Å². The van der Waals surface area contributed by atoms with Gasteiger partial charge in [-0.1, -0.05) is 83.1 Å². The van der Waals surface area contributed by atoms with E-state index < -0.39 is 51.6 Å². The zero-order valence-corrected chi connectivity index (χ0v) is 33.9. The van der Waals surface area contributed by atoms with Gasteiger partial charge in [-0.15, -0.1) is 0 Å². The summed E-state index contributed by atoms with van der Waals surface area (Å²) in [7, 11) is -8.31. The highest BCUT2D eigenvalue weighted by Gasteiger charge is 2.54. The van der Waals surface area contributed by atoms with Gasteiger partial charge < -0.3 is 22.4 Å². The summed E-state index contributed by atoms with van der Waals surface area (Å²) in [5, 5.41) is 0. The summed E-state index contributed by atoms with van der Waals surface area (Å²) in [5.74, 6) is 0.00963. The molecular formula is C32H69FO5Si4. The maximum absolute atomic E-state index is 15.7. The highest BCUT2D eigenvalue weighted by atomic mass is 28.4. The average molecular weight is 665 g/mol. The quantitative estimate of drug-likeness (QED) is 0.114. The van der Waals surface area contributed by atoms with Gasteiger partial charge in [-0.3, -0.25) is 0 Å². The Balaban J connectivity index is 3.95. The number of hydrogen-bond acceptors (Lipinski definition) is 5. The molecule has 0 spiro atoms. The Morgan fingerprint density at radius 1 is 0.548 bits per heavy atom. The van der Waals surface area contributed by atoms with Crippen LogP contribution < -0.4 is 0 Å². The minimum absolute atomic E-state index is 0.310. The maximum atomic E-state index is 15.7. The Morgan fingerprint density at radius 2 is 0.881 bits per heavy atom. The van der Waals surface area contributed by atoms with Crippen molar-refractivity contribution in [2.24, 2.45) is 0 Å². The van der Waals surface area contributed by atoms with Gasteiger partial charge in [0.2, 0.25) is 0 Å². The van der Waals surface area contributed by atoms with E-state index in [1.807, 2.05) is 0 Å². The highest BCUT2D eigenvalue weighted by Crippen LogP contribution is 2.41. The monoisotopic (exact) mass is 664 g/mol. The number of allylic oxidation sites excluding steroid dienone is 1. The molecule has 1 aliphatic rings. The van der Waals surface area contributed by atoms with Gasteiger partial charge in [-0.05, 0) is 79.5 Å². The molecule has 1 heterocycles. The zero-order valence-electron chi connectivity index (χ0n) is 29.9. The second-order valence-corrected chi connectivity index (χ2v) is 31.5. The molecule has 10 heteroatoms. The van der Waals surface area contributed by atoms with Crippen molar-refractivity contribution in [3.05, 3.63) is 11.6 Å². The van der Waals surface area contributed by atoms with Crippen LogP contribution in [0.5, 0.6) is 0 Å². The largest absolute Gasteiger partial charge is 0.484 e. The van der Waals surface area contributed by atoms with E-state index in [1.54, 1.807) is 0 Å². The van der Waals surface area contributed by atoms with Gasteiger partial charge in [0, 0.05) is 0 Å². The summed E-state index contributed by atoms with van der Waals surface area (Å²) in [6.45, 7) is 29.0. The van der Waals surface area contributed by atoms with Crippen LogP contribution in [0.1, 0.15) is 90.0 Å². The summed E-state index contributed by atoms with van der Waals surface area (Å²) in [6.07, 6.45) is -1.78. The van der Waals surface area contributed by atoms with Crippen LogP contribution in [0.2, 0.25) is 72.5 Å². The van der Waals surface area contributed by atoms with Gasteiger partial charge in [-0.25, -0.2) is 4.39 Å². The molecule has 250 valence electrons. The molecule has 0 saturated carbocycles. The summed E-state index contributed by atoms with van der Waals surface area (Å²) in [6, 6.07) is 12.2. The van der Waals surface area contributed by atoms with Crippen molar-refractivity contribution in [3.63, 3.8) is 0 Å². The standard InChI is InChI=1S/C32H69FO5Si4/c1-14-39(15-2,16-3)34-26-28-30(36-40(17-4,18-5)19-6)32(38-42(23-10,24-11)25-12)31(29(35-28)27(13)33)37-41(20-7,21-8)22-9/h28,30-32H,14-26H2,1-13H3/b29-27-/t28-,30-,31+,32+/m1/s1. The molecule has 0 aromatic rings. The van der Waals surface area contributed by atoms with E-state index in [9.17, 15) is 0 Å². The first-order valence-electron chi connectivity index (χ1n) is 17.6. The van der Waals surface area contributed by atoms with Crippen LogP contribution >= 0.6 is 0 Å². The van der Waals surface area contributed by atoms with E-state index in [-0.39, 0.29) is 11.9 Å². The second-order valence-electron chi connectivity index (χ2n) is 12.5. The van der Waals surface area contributed by atoms with Crippen LogP contribution in [0.4, 0.5) is 4.39 Å². The molecule has 0 unspecified atom stereocenters. The Morgan fingerprint density at radius 3 is 1.21 bits per heavy atom. The van der Waals surface area contributed by atoms with E-state index in [2.05, 4.69) is 83.1 Å². The maximum Gasteiger partial charge on any atom is 0.193 e. The molecule has 1 aliphatic heterocycles. The van der Waals surface area contributed by atoms with Crippen molar-refractivity contribution < 1.29 is 26.8 Å². The van der Waals surface area contributed by atoms with Gasteiger partial charge in [-0.2, -0.15) is 0 Å². The molecule has 5 nitrogen and oxygen atoms in total. The number of halogens is 1. The van der Waals surface area contributed by atoms with Gasteiger partial charge in [0.15, 0.2) is 39.0 Å². The van der Waals surface area contributed by atoms with Crippen LogP contribution in [-0.4, -0.2) is 64.3 Å². The molecule has 0 aliphatic carbocycles. The minimum atomic E-state index is -2.16. The summed E-state index contributed by atoms with van der Waals surface area (Å²) in [5.41, 5.74) is 0. The Bertz CT molecular complexity index is 761. The molecular weight excluding hydrogens is 596 g/mol. The SMILES string of the molecule is CC[Si](CC)(CC)OC[C@H]1O/C(=C(/C)F)[C@H](O[Si](CC)(CC)CC)[C@@H](O[Si](CC)(CC)CC)[C@@H]1O[Si](CC)(CC)CC. The Kier molecular flexibility index (Phi) is 17.6. The van der Waals surface area contributed by atoms with Crippen LogP contribution in [0.3, 0.4) is 0 Å².